The lowest BCUT2D eigenvalue weighted by Crippen LogP contribution is -2.37. The lowest BCUT2D eigenvalue weighted by Gasteiger charge is -2.28. The average Bonchev–Trinajstić information content (AvgIpc) is 3.40. The topological polar surface area (TPSA) is 70.5 Å². The van der Waals surface area contributed by atoms with Crippen LogP contribution in [-0.4, -0.2) is 46.0 Å². The van der Waals surface area contributed by atoms with Crippen molar-refractivity contribution in [1.29, 1.82) is 0 Å². The van der Waals surface area contributed by atoms with E-state index in [2.05, 4.69) is 46.1 Å². The van der Waals surface area contributed by atoms with E-state index in [1.807, 2.05) is 6.33 Å². The number of halogens is 1. The minimum atomic E-state index is -0.162. The molecule has 0 radical (unpaired) electrons. The van der Waals surface area contributed by atoms with Crippen molar-refractivity contribution in [3.8, 4) is 5.69 Å². The van der Waals surface area contributed by atoms with Crippen molar-refractivity contribution < 1.29 is 9.59 Å². The fourth-order valence-electron chi connectivity index (χ4n) is 4.14. The molecular weight excluding hydrogens is 414 g/mol. The lowest BCUT2D eigenvalue weighted by molar-refractivity contribution is 0.0731. The maximum Gasteiger partial charge on any atom is 0.321 e. The highest BCUT2D eigenvalue weighted by molar-refractivity contribution is 6.34. The van der Waals surface area contributed by atoms with Crippen molar-refractivity contribution in [1.82, 2.24) is 19.8 Å². The summed E-state index contributed by atoms with van der Waals surface area (Å²) in [5.41, 5.74) is 5.37. The number of urea groups is 1. The minimum Gasteiger partial charge on any atom is -0.336 e. The van der Waals surface area contributed by atoms with Crippen LogP contribution in [-0.2, 0) is 13.0 Å². The molecule has 0 aliphatic carbocycles. The lowest BCUT2D eigenvalue weighted by atomic mass is 10.1. The normalized spacial score (nSPS) is 15.7. The molecule has 31 heavy (non-hydrogen) atoms. The van der Waals surface area contributed by atoms with Gasteiger partial charge in [0.25, 0.3) is 5.91 Å². The van der Waals surface area contributed by atoms with E-state index in [0.717, 1.165) is 17.1 Å². The predicted octanol–water partition coefficient (Wildman–Crippen LogP) is 3.56. The number of imidazole rings is 1. The summed E-state index contributed by atoms with van der Waals surface area (Å²) in [6, 6.07) is 13.3. The number of aryl methyl sites for hydroxylation is 1. The van der Waals surface area contributed by atoms with Crippen LogP contribution < -0.4 is 10.2 Å². The fourth-order valence-corrected chi connectivity index (χ4v) is 4.34. The molecule has 158 valence electrons. The van der Waals surface area contributed by atoms with Crippen LogP contribution in [0.4, 0.5) is 10.5 Å². The Hall–Kier alpha value is -3.32. The number of rotatable bonds is 3. The SMILES string of the molecule is Cc1ccc(-n2cnc3c2CCN(C(=O)c2cc(N4CCNC4=O)ccc2Cl)C3)cc1. The molecule has 5 rings (SSSR count). The van der Waals surface area contributed by atoms with Crippen molar-refractivity contribution in [2.45, 2.75) is 19.9 Å². The van der Waals surface area contributed by atoms with E-state index in [9.17, 15) is 9.59 Å². The van der Waals surface area contributed by atoms with Gasteiger partial charge in [0.1, 0.15) is 0 Å². The van der Waals surface area contributed by atoms with Crippen molar-refractivity contribution in [2.75, 3.05) is 24.5 Å². The third kappa shape index (κ3) is 3.55. The highest BCUT2D eigenvalue weighted by Gasteiger charge is 2.28. The molecule has 0 saturated carbocycles. The Kier molecular flexibility index (Phi) is 4.90. The first kappa shape index (κ1) is 19.6. The molecule has 1 fully saturated rings. The van der Waals surface area contributed by atoms with Crippen LogP contribution in [0, 0.1) is 6.92 Å². The quantitative estimate of drug-likeness (QED) is 0.683. The van der Waals surface area contributed by atoms with Crippen LogP contribution in [0.2, 0.25) is 5.02 Å². The van der Waals surface area contributed by atoms with Gasteiger partial charge in [0, 0.05) is 43.1 Å². The maximum atomic E-state index is 13.3. The van der Waals surface area contributed by atoms with Crippen molar-refractivity contribution >= 4 is 29.2 Å². The smallest absolute Gasteiger partial charge is 0.321 e. The minimum absolute atomic E-state index is 0.151. The number of fused-ring (bicyclic) bond motifs is 1. The second-order valence-electron chi connectivity index (χ2n) is 7.87. The van der Waals surface area contributed by atoms with Crippen molar-refractivity contribution in [2.24, 2.45) is 0 Å². The van der Waals surface area contributed by atoms with E-state index in [-0.39, 0.29) is 11.9 Å². The van der Waals surface area contributed by atoms with Gasteiger partial charge in [-0.15, -0.1) is 0 Å². The number of nitrogens with zero attached hydrogens (tertiary/aromatic N) is 4. The number of benzene rings is 2. The zero-order valence-corrected chi connectivity index (χ0v) is 17.9. The Morgan fingerprint density at radius 1 is 1.10 bits per heavy atom. The Bertz CT molecular complexity index is 1170. The van der Waals surface area contributed by atoms with Gasteiger partial charge < -0.3 is 14.8 Å². The summed E-state index contributed by atoms with van der Waals surface area (Å²) in [7, 11) is 0. The second kappa shape index (κ2) is 7.74. The average molecular weight is 436 g/mol. The summed E-state index contributed by atoms with van der Waals surface area (Å²) in [6.07, 6.45) is 2.53. The highest BCUT2D eigenvalue weighted by Crippen LogP contribution is 2.28. The van der Waals surface area contributed by atoms with Gasteiger partial charge >= 0.3 is 6.03 Å². The van der Waals surface area contributed by atoms with E-state index in [1.54, 1.807) is 28.0 Å². The third-order valence-electron chi connectivity index (χ3n) is 5.86. The summed E-state index contributed by atoms with van der Waals surface area (Å²) >= 11 is 6.36. The highest BCUT2D eigenvalue weighted by atomic mass is 35.5. The monoisotopic (exact) mass is 435 g/mol. The molecule has 1 aromatic heterocycles. The van der Waals surface area contributed by atoms with E-state index in [0.29, 0.717) is 48.9 Å². The summed E-state index contributed by atoms with van der Waals surface area (Å²) in [4.78, 5) is 33.2. The van der Waals surface area contributed by atoms with Gasteiger partial charge in [-0.1, -0.05) is 29.3 Å². The van der Waals surface area contributed by atoms with Crippen molar-refractivity contribution in [3.05, 3.63) is 76.3 Å². The Labute approximate surface area is 185 Å². The third-order valence-corrected chi connectivity index (χ3v) is 6.19. The molecule has 2 aliphatic rings. The molecule has 2 aromatic carbocycles. The first-order valence-corrected chi connectivity index (χ1v) is 10.7. The number of nitrogens with one attached hydrogen (secondary N) is 1. The van der Waals surface area contributed by atoms with Gasteiger partial charge in [0.2, 0.25) is 0 Å². The van der Waals surface area contributed by atoms with E-state index in [1.165, 1.54) is 5.56 Å². The van der Waals surface area contributed by atoms with Crippen LogP contribution >= 0.6 is 11.6 Å². The molecule has 0 atom stereocenters. The molecule has 8 heteroatoms. The number of aromatic nitrogens is 2. The van der Waals surface area contributed by atoms with Gasteiger partial charge in [-0.05, 0) is 37.3 Å². The number of hydrogen-bond acceptors (Lipinski definition) is 3. The first-order valence-electron chi connectivity index (χ1n) is 10.3. The molecule has 0 spiro atoms. The van der Waals surface area contributed by atoms with Crippen LogP contribution in [0.5, 0.6) is 0 Å². The molecule has 3 heterocycles. The van der Waals surface area contributed by atoms with Gasteiger partial charge in [-0.3, -0.25) is 9.69 Å². The largest absolute Gasteiger partial charge is 0.336 e. The number of hydrogen-bond donors (Lipinski definition) is 1. The number of amides is 3. The van der Waals surface area contributed by atoms with E-state index >= 15 is 0 Å². The molecule has 0 unspecified atom stereocenters. The Balaban J connectivity index is 1.39. The van der Waals surface area contributed by atoms with Crippen LogP contribution in [0.15, 0.2) is 48.8 Å². The Morgan fingerprint density at radius 2 is 1.87 bits per heavy atom. The zero-order chi connectivity index (χ0) is 21.5. The second-order valence-corrected chi connectivity index (χ2v) is 8.28. The van der Waals surface area contributed by atoms with Gasteiger partial charge in [0.15, 0.2) is 0 Å². The summed E-state index contributed by atoms with van der Waals surface area (Å²) in [5, 5.41) is 3.15. The maximum absolute atomic E-state index is 13.3. The summed E-state index contributed by atoms with van der Waals surface area (Å²) < 4.78 is 2.09. The van der Waals surface area contributed by atoms with Crippen LogP contribution in [0.3, 0.4) is 0 Å². The van der Waals surface area contributed by atoms with Crippen LogP contribution in [0.25, 0.3) is 5.69 Å². The molecule has 2 aliphatic heterocycles. The fraction of sp³-hybridized carbons (Fsp3) is 0.261. The predicted molar refractivity (Wildman–Crippen MR) is 119 cm³/mol. The van der Waals surface area contributed by atoms with E-state index < -0.39 is 0 Å². The molecule has 1 saturated heterocycles. The number of carbonyl (C=O) groups is 2. The zero-order valence-electron chi connectivity index (χ0n) is 17.1. The van der Waals surface area contributed by atoms with Crippen LogP contribution in [0.1, 0.15) is 27.3 Å². The van der Waals surface area contributed by atoms with E-state index in [4.69, 9.17) is 11.6 Å². The number of anilines is 1. The van der Waals surface area contributed by atoms with Crippen molar-refractivity contribution in [3.63, 3.8) is 0 Å². The standard InChI is InChI=1S/C23H22ClN5O2/c1-15-2-4-16(5-3-15)29-14-26-20-13-27(10-8-21(20)29)22(30)18-12-17(6-7-19(18)24)28-11-9-25-23(28)31/h2-7,12,14H,8-11,13H2,1H3,(H,25,31). The molecule has 0 bridgehead atoms. The Morgan fingerprint density at radius 3 is 2.61 bits per heavy atom. The molecule has 1 N–H and O–H groups in total. The van der Waals surface area contributed by atoms with Gasteiger partial charge in [-0.2, -0.15) is 0 Å². The van der Waals surface area contributed by atoms with Gasteiger partial charge in [-0.25, -0.2) is 9.78 Å². The summed E-state index contributed by atoms with van der Waals surface area (Å²) in [5.74, 6) is -0.151. The molecular formula is C23H22ClN5O2. The molecule has 3 amide bonds. The summed E-state index contributed by atoms with van der Waals surface area (Å²) in [6.45, 7) is 4.22. The van der Waals surface area contributed by atoms with Gasteiger partial charge in [0.05, 0.1) is 29.2 Å². The molecule has 7 nitrogen and oxygen atoms in total. The molecule has 3 aromatic rings. The first-order chi connectivity index (χ1) is 15.0. The number of carbonyl (C=O) groups excluding carboxylic acids is 2.